The molecule has 134 valence electrons. The molecule has 0 unspecified atom stereocenters. The van der Waals surface area contributed by atoms with Crippen LogP contribution in [0.2, 0.25) is 0 Å². The van der Waals surface area contributed by atoms with Gasteiger partial charge in [0, 0.05) is 23.0 Å². The molecule has 1 heterocycles. The summed E-state index contributed by atoms with van der Waals surface area (Å²) < 4.78 is 2.00. The highest BCUT2D eigenvalue weighted by atomic mass is 16.2. The number of carbonyl (C=O) groups is 2. The smallest absolute Gasteiger partial charge is 0.243 e. The molecule has 0 saturated heterocycles. The number of nitrogens with zero attached hydrogens (tertiary/aromatic N) is 2. The maximum atomic E-state index is 12.0. The zero-order valence-electron chi connectivity index (χ0n) is 15.3. The molecule has 0 spiro atoms. The molecule has 6 heteroatoms. The van der Waals surface area contributed by atoms with Gasteiger partial charge in [-0.1, -0.05) is 13.8 Å². The van der Waals surface area contributed by atoms with Gasteiger partial charge in [-0.2, -0.15) is 0 Å². The summed E-state index contributed by atoms with van der Waals surface area (Å²) in [7, 11) is 0. The summed E-state index contributed by atoms with van der Waals surface area (Å²) in [5.74, 6) is -0.336. The fourth-order valence-electron chi connectivity index (χ4n) is 2.64. The van der Waals surface area contributed by atoms with E-state index in [0.717, 1.165) is 29.9 Å². The fraction of sp³-hybridized carbons (Fsp3) is 0.421. The maximum Gasteiger partial charge on any atom is 0.243 e. The van der Waals surface area contributed by atoms with E-state index in [-0.39, 0.29) is 24.3 Å². The molecule has 1 aromatic heterocycles. The van der Waals surface area contributed by atoms with Gasteiger partial charge in [-0.15, -0.1) is 0 Å². The first-order valence-corrected chi connectivity index (χ1v) is 8.64. The van der Waals surface area contributed by atoms with Gasteiger partial charge >= 0.3 is 0 Å². The van der Waals surface area contributed by atoms with E-state index in [1.54, 1.807) is 6.33 Å². The highest BCUT2D eigenvalue weighted by Crippen LogP contribution is 2.16. The quantitative estimate of drug-likeness (QED) is 0.812. The highest BCUT2D eigenvalue weighted by molar-refractivity contribution is 5.94. The Hall–Kier alpha value is -2.63. The number of hydrogen-bond donors (Lipinski definition) is 2. The molecule has 2 amide bonds. The van der Waals surface area contributed by atoms with Gasteiger partial charge in [-0.25, -0.2) is 4.98 Å². The van der Waals surface area contributed by atoms with Crippen LogP contribution in [0.1, 0.15) is 38.1 Å². The van der Waals surface area contributed by atoms with E-state index in [1.165, 1.54) is 0 Å². The molecule has 2 rings (SSSR count). The Bertz CT molecular complexity index is 730. The Morgan fingerprint density at radius 1 is 1.12 bits per heavy atom. The SMILES string of the molecule is CCC(CC)C(=O)NCC(=O)Nc1ccc(-n2cnc(C)c2C)cc1. The van der Waals surface area contributed by atoms with Crippen molar-refractivity contribution < 1.29 is 9.59 Å². The number of imidazole rings is 1. The first kappa shape index (κ1) is 18.7. The third-order valence-corrected chi connectivity index (χ3v) is 4.46. The van der Waals surface area contributed by atoms with Crippen LogP contribution >= 0.6 is 0 Å². The third-order valence-electron chi connectivity index (χ3n) is 4.46. The molecule has 0 radical (unpaired) electrons. The van der Waals surface area contributed by atoms with Gasteiger partial charge in [0.2, 0.25) is 11.8 Å². The predicted octanol–water partition coefficient (Wildman–Crippen LogP) is 2.98. The lowest BCUT2D eigenvalue weighted by molar-refractivity contribution is -0.127. The van der Waals surface area contributed by atoms with Gasteiger partial charge in [0.05, 0.1) is 18.6 Å². The van der Waals surface area contributed by atoms with Crippen LogP contribution < -0.4 is 10.6 Å². The second-order valence-corrected chi connectivity index (χ2v) is 6.11. The summed E-state index contributed by atoms with van der Waals surface area (Å²) in [5, 5.41) is 5.48. The van der Waals surface area contributed by atoms with Crippen molar-refractivity contribution in [1.29, 1.82) is 0 Å². The van der Waals surface area contributed by atoms with Gasteiger partial charge in [-0.3, -0.25) is 9.59 Å². The fourth-order valence-corrected chi connectivity index (χ4v) is 2.64. The maximum absolute atomic E-state index is 12.0. The van der Waals surface area contributed by atoms with E-state index in [2.05, 4.69) is 15.6 Å². The minimum Gasteiger partial charge on any atom is -0.347 e. The Balaban J connectivity index is 1.91. The molecule has 25 heavy (non-hydrogen) atoms. The van der Waals surface area contributed by atoms with Crippen molar-refractivity contribution in [3.8, 4) is 5.69 Å². The number of nitrogens with one attached hydrogen (secondary N) is 2. The Morgan fingerprint density at radius 3 is 2.28 bits per heavy atom. The van der Waals surface area contributed by atoms with E-state index < -0.39 is 0 Å². The van der Waals surface area contributed by atoms with Crippen LogP contribution in [0.3, 0.4) is 0 Å². The number of amides is 2. The first-order valence-electron chi connectivity index (χ1n) is 8.64. The number of benzene rings is 1. The predicted molar refractivity (Wildman–Crippen MR) is 98.7 cm³/mol. The van der Waals surface area contributed by atoms with Crippen LogP contribution in [0.15, 0.2) is 30.6 Å². The van der Waals surface area contributed by atoms with Crippen LogP contribution in [-0.2, 0) is 9.59 Å². The second-order valence-electron chi connectivity index (χ2n) is 6.11. The normalized spacial score (nSPS) is 10.8. The van der Waals surface area contributed by atoms with Crippen LogP contribution in [0.5, 0.6) is 0 Å². The summed E-state index contributed by atoms with van der Waals surface area (Å²) in [4.78, 5) is 28.2. The van der Waals surface area contributed by atoms with Crippen molar-refractivity contribution in [2.45, 2.75) is 40.5 Å². The van der Waals surface area contributed by atoms with Crippen LogP contribution in [0, 0.1) is 19.8 Å². The van der Waals surface area contributed by atoms with E-state index in [1.807, 2.05) is 56.5 Å². The zero-order valence-corrected chi connectivity index (χ0v) is 15.3. The minimum atomic E-state index is -0.235. The molecule has 0 aliphatic heterocycles. The largest absolute Gasteiger partial charge is 0.347 e. The molecule has 0 fully saturated rings. The van der Waals surface area contributed by atoms with Gasteiger partial charge in [0.25, 0.3) is 0 Å². The lowest BCUT2D eigenvalue weighted by Gasteiger charge is -2.13. The Morgan fingerprint density at radius 2 is 1.76 bits per heavy atom. The number of carbonyl (C=O) groups excluding carboxylic acids is 2. The van der Waals surface area contributed by atoms with Crippen LogP contribution in [0.25, 0.3) is 5.69 Å². The number of rotatable bonds is 7. The molecule has 0 atom stereocenters. The monoisotopic (exact) mass is 342 g/mol. The van der Waals surface area contributed by atoms with Crippen molar-refractivity contribution in [3.05, 3.63) is 42.0 Å². The molecule has 0 aliphatic rings. The summed E-state index contributed by atoms with van der Waals surface area (Å²) in [6.07, 6.45) is 3.34. The van der Waals surface area contributed by atoms with Crippen molar-refractivity contribution in [2.75, 3.05) is 11.9 Å². The standard InChI is InChI=1S/C19H26N4O2/c1-5-15(6-2)19(25)20-11-18(24)22-16-7-9-17(10-8-16)23-12-21-13(3)14(23)4/h7-10,12,15H,5-6,11H2,1-4H3,(H,20,25)(H,22,24). The Labute approximate surface area is 148 Å². The lowest BCUT2D eigenvalue weighted by atomic mass is 10.0. The number of aryl methyl sites for hydroxylation is 1. The van der Waals surface area contributed by atoms with Crippen LogP contribution in [-0.4, -0.2) is 27.9 Å². The van der Waals surface area contributed by atoms with E-state index in [4.69, 9.17) is 0 Å². The molecule has 2 aromatic rings. The van der Waals surface area contributed by atoms with E-state index in [0.29, 0.717) is 5.69 Å². The Kier molecular flexibility index (Phi) is 6.33. The summed E-state index contributed by atoms with van der Waals surface area (Å²) >= 11 is 0. The van der Waals surface area contributed by atoms with Gasteiger partial charge < -0.3 is 15.2 Å². The molecule has 6 nitrogen and oxygen atoms in total. The molecule has 2 N–H and O–H groups in total. The molecular formula is C19H26N4O2. The number of hydrogen-bond acceptors (Lipinski definition) is 3. The molecular weight excluding hydrogens is 316 g/mol. The van der Waals surface area contributed by atoms with Gasteiger partial charge in [0.1, 0.15) is 0 Å². The van der Waals surface area contributed by atoms with Crippen molar-refractivity contribution in [1.82, 2.24) is 14.9 Å². The number of aromatic nitrogens is 2. The molecule has 1 aromatic carbocycles. The first-order chi connectivity index (χ1) is 12.0. The molecule has 0 saturated carbocycles. The molecule has 0 bridgehead atoms. The van der Waals surface area contributed by atoms with Gasteiger partial charge in [0.15, 0.2) is 0 Å². The minimum absolute atomic E-state index is 0.0170. The summed E-state index contributed by atoms with van der Waals surface area (Å²) in [6, 6.07) is 7.52. The topological polar surface area (TPSA) is 76.0 Å². The average molecular weight is 342 g/mol. The van der Waals surface area contributed by atoms with E-state index >= 15 is 0 Å². The zero-order chi connectivity index (χ0) is 18.4. The number of anilines is 1. The highest BCUT2D eigenvalue weighted by Gasteiger charge is 2.14. The van der Waals surface area contributed by atoms with Crippen molar-refractivity contribution in [3.63, 3.8) is 0 Å². The molecule has 0 aliphatic carbocycles. The second kappa shape index (κ2) is 8.46. The van der Waals surface area contributed by atoms with E-state index in [9.17, 15) is 9.59 Å². The average Bonchev–Trinajstić information content (AvgIpc) is 2.94. The summed E-state index contributed by atoms with van der Waals surface area (Å²) in [5.41, 5.74) is 3.75. The van der Waals surface area contributed by atoms with Crippen LogP contribution in [0.4, 0.5) is 5.69 Å². The lowest BCUT2D eigenvalue weighted by Crippen LogP contribution is -2.36. The third kappa shape index (κ3) is 4.68. The van der Waals surface area contributed by atoms with Gasteiger partial charge in [-0.05, 0) is 51.0 Å². The van der Waals surface area contributed by atoms with Crippen molar-refractivity contribution in [2.24, 2.45) is 5.92 Å². The summed E-state index contributed by atoms with van der Waals surface area (Å²) in [6.45, 7) is 7.91. The van der Waals surface area contributed by atoms with Crippen molar-refractivity contribution >= 4 is 17.5 Å².